The molecular formula is C21H29N5O. The van der Waals surface area contributed by atoms with Gasteiger partial charge in [-0.3, -0.25) is 9.69 Å². The maximum absolute atomic E-state index is 11.5. The summed E-state index contributed by atoms with van der Waals surface area (Å²) in [7, 11) is 0. The van der Waals surface area contributed by atoms with Crippen LogP contribution in [-0.4, -0.2) is 64.9 Å². The van der Waals surface area contributed by atoms with Crippen LogP contribution in [0.3, 0.4) is 0 Å². The highest BCUT2D eigenvalue weighted by Gasteiger charge is 2.21. The molecule has 1 aromatic heterocycles. The van der Waals surface area contributed by atoms with E-state index in [-0.39, 0.29) is 5.91 Å². The number of carbonyl (C=O) groups excluding carboxylic acids is 1. The molecule has 1 amide bonds. The Labute approximate surface area is 161 Å². The molecule has 1 aromatic carbocycles. The Morgan fingerprint density at radius 1 is 0.926 bits per heavy atom. The lowest BCUT2D eigenvalue weighted by Crippen LogP contribution is -2.47. The van der Waals surface area contributed by atoms with Crippen molar-refractivity contribution in [3.63, 3.8) is 0 Å². The molecule has 27 heavy (non-hydrogen) atoms. The van der Waals surface area contributed by atoms with Crippen molar-refractivity contribution >= 4 is 22.6 Å². The topological polar surface area (TPSA) is 52.6 Å². The Kier molecular flexibility index (Phi) is 5.53. The molecule has 144 valence electrons. The second kappa shape index (κ2) is 8.21. The van der Waals surface area contributed by atoms with Gasteiger partial charge in [-0.25, -0.2) is 9.97 Å². The van der Waals surface area contributed by atoms with Crippen molar-refractivity contribution < 1.29 is 4.79 Å². The fourth-order valence-corrected chi connectivity index (χ4v) is 4.12. The summed E-state index contributed by atoms with van der Waals surface area (Å²) in [4.78, 5) is 28.1. The van der Waals surface area contributed by atoms with E-state index in [2.05, 4.69) is 34.1 Å². The molecule has 0 saturated carbocycles. The van der Waals surface area contributed by atoms with Crippen molar-refractivity contribution in [2.75, 3.05) is 44.2 Å². The minimum atomic E-state index is 0.167. The SMILES string of the molecule is CC(=O)N1CCN(Cc2nc(N3CCCCCC3)c3ccccc3n2)CC1. The largest absolute Gasteiger partial charge is 0.356 e. The standard InChI is InChI=1S/C21H29N5O/c1-17(27)25-14-12-24(13-15-25)16-20-22-19-9-5-4-8-18(19)21(23-20)26-10-6-2-3-7-11-26/h4-5,8-9H,2-3,6-7,10-16H2,1H3. The van der Waals surface area contributed by atoms with Crippen LogP contribution in [0.5, 0.6) is 0 Å². The minimum Gasteiger partial charge on any atom is -0.356 e. The Morgan fingerprint density at radius 2 is 1.63 bits per heavy atom. The molecule has 6 nitrogen and oxygen atoms in total. The van der Waals surface area contributed by atoms with Crippen molar-refractivity contribution in [1.82, 2.24) is 19.8 Å². The normalized spacial score (nSPS) is 19.3. The number of aromatic nitrogens is 2. The van der Waals surface area contributed by atoms with Gasteiger partial charge in [0.05, 0.1) is 12.1 Å². The van der Waals surface area contributed by atoms with Gasteiger partial charge in [0.1, 0.15) is 11.6 Å². The van der Waals surface area contributed by atoms with Gasteiger partial charge in [0.25, 0.3) is 0 Å². The molecule has 3 heterocycles. The van der Waals surface area contributed by atoms with Crippen molar-refractivity contribution in [3.8, 4) is 0 Å². The molecule has 2 fully saturated rings. The van der Waals surface area contributed by atoms with Gasteiger partial charge < -0.3 is 9.80 Å². The Hall–Kier alpha value is -2.21. The predicted molar refractivity (Wildman–Crippen MR) is 108 cm³/mol. The molecule has 0 spiro atoms. The van der Waals surface area contributed by atoms with Crippen molar-refractivity contribution in [3.05, 3.63) is 30.1 Å². The maximum atomic E-state index is 11.5. The molecule has 0 bridgehead atoms. The summed E-state index contributed by atoms with van der Waals surface area (Å²) in [5.41, 5.74) is 1.03. The van der Waals surface area contributed by atoms with E-state index in [1.807, 2.05) is 4.90 Å². The number of piperazine rings is 1. The highest BCUT2D eigenvalue weighted by molar-refractivity contribution is 5.89. The zero-order valence-electron chi connectivity index (χ0n) is 16.2. The van der Waals surface area contributed by atoms with Gasteiger partial charge in [0.2, 0.25) is 5.91 Å². The van der Waals surface area contributed by atoms with Crippen LogP contribution in [0.4, 0.5) is 5.82 Å². The van der Waals surface area contributed by atoms with Crippen LogP contribution in [0, 0.1) is 0 Å². The number of nitrogens with zero attached hydrogens (tertiary/aromatic N) is 5. The van der Waals surface area contributed by atoms with E-state index in [1.54, 1.807) is 6.92 Å². The molecule has 6 heteroatoms. The monoisotopic (exact) mass is 367 g/mol. The van der Waals surface area contributed by atoms with E-state index in [0.29, 0.717) is 0 Å². The van der Waals surface area contributed by atoms with Crippen LogP contribution < -0.4 is 4.90 Å². The van der Waals surface area contributed by atoms with Crippen molar-refractivity contribution in [2.45, 2.75) is 39.2 Å². The molecule has 0 aliphatic carbocycles. The molecule has 4 rings (SSSR count). The van der Waals surface area contributed by atoms with E-state index in [9.17, 15) is 4.79 Å². The second-order valence-corrected chi connectivity index (χ2v) is 7.66. The van der Waals surface area contributed by atoms with E-state index >= 15 is 0 Å². The van der Waals surface area contributed by atoms with E-state index in [4.69, 9.17) is 9.97 Å². The van der Waals surface area contributed by atoms with Gasteiger partial charge >= 0.3 is 0 Å². The fraction of sp³-hybridized carbons (Fsp3) is 0.571. The smallest absolute Gasteiger partial charge is 0.219 e. The average molecular weight is 367 g/mol. The first-order chi connectivity index (χ1) is 13.2. The summed E-state index contributed by atoms with van der Waals surface area (Å²) >= 11 is 0. The number of hydrogen-bond donors (Lipinski definition) is 0. The van der Waals surface area contributed by atoms with E-state index in [0.717, 1.165) is 68.4 Å². The predicted octanol–water partition coefficient (Wildman–Crippen LogP) is 2.67. The van der Waals surface area contributed by atoms with E-state index < -0.39 is 0 Å². The molecule has 2 aliphatic heterocycles. The molecule has 0 N–H and O–H groups in total. The van der Waals surface area contributed by atoms with Gasteiger partial charge in [0, 0.05) is 51.6 Å². The minimum absolute atomic E-state index is 0.167. The van der Waals surface area contributed by atoms with Crippen LogP contribution in [0.2, 0.25) is 0 Å². The third kappa shape index (κ3) is 4.21. The molecule has 0 unspecified atom stereocenters. The number of anilines is 1. The molecule has 0 atom stereocenters. The summed E-state index contributed by atoms with van der Waals surface area (Å²) in [5, 5.41) is 1.16. The molecular weight excluding hydrogens is 338 g/mol. The van der Waals surface area contributed by atoms with Gasteiger partial charge in [-0.2, -0.15) is 0 Å². The van der Waals surface area contributed by atoms with Gasteiger partial charge in [-0.05, 0) is 25.0 Å². The third-order valence-electron chi connectivity index (χ3n) is 5.72. The van der Waals surface area contributed by atoms with Crippen LogP contribution in [0.1, 0.15) is 38.4 Å². The summed E-state index contributed by atoms with van der Waals surface area (Å²) in [6.07, 6.45) is 5.10. The fourth-order valence-electron chi connectivity index (χ4n) is 4.12. The summed E-state index contributed by atoms with van der Waals surface area (Å²) < 4.78 is 0. The van der Waals surface area contributed by atoms with Crippen LogP contribution >= 0.6 is 0 Å². The Bertz CT molecular complexity index is 792. The molecule has 2 saturated heterocycles. The molecule has 2 aromatic rings. The number of rotatable bonds is 3. The van der Waals surface area contributed by atoms with E-state index in [1.165, 1.54) is 25.7 Å². The van der Waals surface area contributed by atoms with Crippen molar-refractivity contribution in [2.24, 2.45) is 0 Å². The lowest BCUT2D eigenvalue weighted by Gasteiger charge is -2.34. The van der Waals surface area contributed by atoms with Crippen molar-refractivity contribution in [1.29, 1.82) is 0 Å². The quantitative estimate of drug-likeness (QED) is 0.835. The number of amides is 1. The first-order valence-corrected chi connectivity index (χ1v) is 10.2. The maximum Gasteiger partial charge on any atom is 0.219 e. The Balaban J connectivity index is 1.57. The Morgan fingerprint density at radius 3 is 2.33 bits per heavy atom. The highest BCUT2D eigenvalue weighted by Crippen LogP contribution is 2.26. The second-order valence-electron chi connectivity index (χ2n) is 7.66. The summed E-state index contributed by atoms with van der Waals surface area (Å²) in [5.74, 6) is 2.16. The average Bonchev–Trinajstić information content (AvgIpc) is 2.97. The highest BCUT2D eigenvalue weighted by atomic mass is 16.2. The van der Waals surface area contributed by atoms with Gasteiger partial charge in [0.15, 0.2) is 0 Å². The number of para-hydroxylation sites is 1. The summed E-state index contributed by atoms with van der Waals surface area (Å²) in [6, 6.07) is 8.37. The number of hydrogen-bond acceptors (Lipinski definition) is 5. The zero-order valence-corrected chi connectivity index (χ0v) is 16.2. The third-order valence-corrected chi connectivity index (χ3v) is 5.72. The first kappa shape index (κ1) is 18.2. The molecule has 2 aliphatic rings. The number of carbonyl (C=O) groups is 1. The van der Waals surface area contributed by atoms with Crippen LogP contribution in [-0.2, 0) is 11.3 Å². The van der Waals surface area contributed by atoms with Gasteiger partial charge in [-0.15, -0.1) is 0 Å². The summed E-state index contributed by atoms with van der Waals surface area (Å²) in [6.45, 7) is 7.91. The number of benzene rings is 1. The number of fused-ring (bicyclic) bond motifs is 1. The first-order valence-electron chi connectivity index (χ1n) is 10.2. The zero-order chi connectivity index (χ0) is 18.6. The van der Waals surface area contributed by atoms with Crippen LogP contribution in [0.15, 0.2) is 24.3 Å². The van der Waals surface area contributed by atoms with Gasteiger partial charge in [-0.1, -0.05) is 25.0 Å². The molecule has 0 radical (unpaired) electrons. The lowest BCUT2D eigenvalue weighted by atomic mass is 10.2. The van der Waals surface area contributed by atoms with Crippen LogP contribution in [0.25, 0.3) is 10.9 Å². The lowest BCUT2D eigenvalue weighted by molar-refractivity contribution is -0.130.